The molecule has 0 unspecified atom stereocenters. The molecule has 0 bridgehead atoms. The molecule has 0 saturated carbocycles. The lowest BCUT2D eigenvalue weighted by Crippen LogP contribution is -2.14. The summed E-state index contributed by atoms with van der Waals surface area (Å²) in [4.78, 5) is 4.21. The van der Waals surface area contributed by atoms with Crippen LogP contribution in [0.2, 0.25) is 0 Å². The van der Waals surface area contributed by atoms with E-state index in [0.29, 0.717) is 11.3 Å². The van der Waals surface area contributed by atoms with Crippen molar-refractivity contribution in [3.05, 3.63) is 57.9 Å². The highest BCUT2D eigenvalue weighted by Gasteiger charge is 2.11. The smallest absolute Gasteiger partial charge is 0.138 e. The van der Waals surface area contributed by atoms with E-state index in [-0.39, 0.29) is 11.4 Å². The predicted octanol–water partition coefficient (Wildman–Crippen LogP) is 3.56. The number of nitrogens with one attached hydrogen (secondary N) is 1. The lowest BCUT2D eigenvalue weighted by molar-refractivity contribution is 0.614. The van der Waals surface area contributed by atoms with Gasteiger partial charge in [0, 0.05) is 16.4 Å². The van der Waals surface area contributed by atoms with Crippen LogP contribution in [-0.4, -0.2) is 10.8 Å². The molecule has 0 aliphatic rings. The zero-order valence-corrected chi connectivity index (χ0v) is 12.3. The average Bonchev–Trinajstić information content (AvgIpc) is 2.39. The van der Waals surface area contributed by atoms with Crippen LogP contribution in [0.4, 0.5) is 4.39 Å². The molecule has 0 atom stereocenters. The minimum absolute atomic E-state index is 0.137. The summed E-state index contributed by atoms with van der Waals surface area (Å²) in [6, 6.07) is 8.60. The fourth-order valence-electron chi connectivity index (χ4n) is 1.52. The standard InChI is InChI=1S/C13H11BrFN3S/c14-10-5-2-6-18-13(10)19-7-8-3-1-4-9(11(8)15)12(16)17/h1-6H,7H2,(H3,16,17). The van der Waals surface area contributed by atoms with Crippen LogP contribution in [0, 0.1) is 11.2 Å². The number of nitrogens with zero attached hydrogens (tertiary/aromatic N) is 1. The fraction of sp³-hybridized carbons (Fsp3) is 0.0769. The van der Waals surface area contributed by atoms with Gasteiger partial charge in [-0.3, -0.25) is 5.41 Å². The van der Waals surface area contributed by atoms with Gasteiger partial charge in [-0.25, -0.2) is 9.37 Å². The predicted molar refractivity (Wildman–Crippen MR) is 78.9 cm³/mol. The highest BCUT2D eigenvalue weighted by molar-refractivity contribution is 9.10. The van der Waals surface area contributed by atoms with E-state index in [1.54, 1.807) is 18.3 Å². The van der Waals surface area contributed by atoms with Gasteiger partial charge in [0.2, 0.25) is 0 Å². The molecule has 0 radical (unpaired) electrons. The van der Waals surface area contributed by atoms with Crippen LogP contribution in [0.25, 0.3) is 0 Å². The molecular weight excluding hydrogens is 329 g/mol. The van der Waals surface area contributed by atoms with Crippen LogP contribution < -0.4 is 5.73 Å². The van der Waals surface area contributed by atoms with E-state index in [1.807, 2.05) is 12.1 Å². The summed E-state index contributed by atoms with van der Waals surface area (Å²) >= 11 is 4.82. The molecule has 1 aromatic heterocycles. The van der Waals surface area contributed by atoms with Crippen molar-refractivity contribution in [2.75, 3.05) is 0 Å². The van der Waals surface area contributed by atoms with Crippen LogP contribution in [0.3, 0.4) is 0 Å². The number of rotatable bonds is 4. The molecule has 0 spiro atoms. The van der Waals surface area contributed by atoms with E-state index in [9.17, 15) is 4.39 Å². The second-order valence-corrected chi connectivity index (χ2v) is 5.59. The first-order valence-corrected chi connectivity index (χ1v) is 7.22. The number of benzene rings is 1. The van der Waals surface area contributed by atoms with Gasteiger partial charge in [0.1, 0.15) is 16.7 Å². The van der Waals surface area contributed by atoms with E-state index in [4.69, 9.17) is 11.1 Å². The van der Waals surface area contributed by atoms with Gasteiger partial charge in [-0.2, -0.15) is 0 Å². The Bertz CT molecular complexity index is 619. The van der Waals surface area contributed by atoms with Crippen molar-refractivity contribution >= 4 is 33.5 Å². The number of hydrogen-bond acceptors (Lipinski definition) is 3. The van der Waals surface area contributed by atoms with E-state index >= 15 is 0 Å². The first kappa shape index (κ1) is 14.0. The van der Waals surface area contributed by atoms with Gasteiger partial charge < -0.3 is 5.73 Å². The Balaban J connectivity index is 2.19. The molecule has 0 fully saturated rings. The third-order valence-corrected chi connectivity index (χ3v) is 4.41. The van der Waals surface area contributed by atoms with Crippen LogP contribution in [0.15, 0.2) is 46.0 Å². The third-order valence-electron chi connectivity index (χ3n) is 2.46. The normalized spacial score (nSPS) is 10.4. The van der Waals surface area contributed by atoms with E-state index in [0.717, 1.165) is 9.50 Å². The second kappa shape index (κ2) is 6.16. The third kappa shape index (κ3) is 3.33. The zero-order valence-electron chi connectivity index (χ0n) is 9.86. The fourth-order valence-corrected chi connectivity index (χ4v) is 2.98. The van der Waals surface area contributed by atoms with Gasteiger partial charge in [0.05, 0.1) is 5.56 Å². The van der Waals surface area contributed by atoms with Crippen molar-refractivity contribution in [2.45, 2.75) is 10.8 Å². The Morgan fingerprint density at radius 1 is 1.37 bits per heavy atom. The van der Waals surface area contributed by atoms with Gasteiger partial charge >= 0.3 is 0 Å². The number of nitrogen functional groups attached to an aromatic ring is 1. The highest BCUT2D eigenvalue weighted by atomic mass is 79.9. The first-order valence-electron chi connectivity index (χ1n) is 5.44. The lowest BCUT2D eigenvalue weighted by atomic mass is 10.1. The van der Waals surface area contributed by atoms with Gasteiger partial charge in [0.15, 0.2) is 0 Å². The molecule has 0 aliphatic heterocycles. The number of amidine groups is 1. The maximum atomic E-state index is 14.1. The van der Waals surface area contributed by atoms with E-state index in [2.05, 4.69) is 20.9 Å². The molecule has 19 heavy (non-hydrogen) atoms. The summed E-state index contributed by atoms with van der Waals surface area (Å²) in [5, 5.41) is 8.12. The van der Waals surface area contributed by atoms with Crippen molar-refractivity contribution in [3.63, 3.8) is 0 Å². The molecule has 3 nitrogen and oxygen atoms in total. The maximum Gasteiger partial charge on any atom is 0.138 e. The van der Waals surface area contributed by atoms with Crippen LogP contribution in [0.5, 0.6) is 0 Å². The largest absolute Gasteiger partial charge is 0.384 e. The van der Waals surface area contributed by atoms with Gasteiger partial charge in [-0.1, -0.05) is 12.1 Å². The number of halogens is 2. The van der Waals surface area contributed by atoms with E-state index < -0.39 is 5.82 Å². The van der Waals surface area contributed by atoms with E-state index in [1.165, 1.54) is 17.8 Å². The Morgan fingerprint density at radius 3 is 2.84 bits per heavy atom. The quantitative estimate of drug-likeness (QED) is 0.508. The number of thioether (sulfide) groups is 1. The van der Waals surface area contributed by atoms with Crippen molar-refractivity contribution in [2.24, 2.45) is 5.73 Å². The Morgan fingerprint density at radius 2 is 2.16 bits per heavy atom. The maximum absolute atomic E-state index is 14.1. The number of pyridine rings is 1. The average molecular weight is 340 g/mol. The van der Waals surface area contributed by atoms with Crippen molar-refractivity contribution in [3.8, 4) is 0 Å². The Labute approximate surface area is 123 Å². The number of aromatic nitrogens is 1. The molecule has 2 rings (SSSR count). The summed E-state index contributed by atoms with van der Waals surface area (Å²) in [6.07, 6.45) is 1.69. The summed E-state index contributed by atoms with van der Waals surface area (Å²) in [5.41, 5.74) is 5.98. The molecule has 1 aromatic carbocycles. The molecule has 0 aliphatic carbocycles. The molecule has 1 heterocycles. The second-order valence-electron chi connectivity index (χ2n) is 3.77. The summed E-state index contributed by atoms with van der Waals surface area (Å²) in [7, 11) is 0. The highest BCUT2D eigenvalue weighted by Crippen LogP contribution is 2.28. The SMILES string of the molecule is N=C(N)c1cccc(CSc2ncccc2Br)c1F. The van der Waals surface area contributed by atoms with Crippen LogP contribution in [-0.2, 0) is 5.75 Å². The Hall–Kier alpha value is -1.40. The molecule has 2 aromatic rings. The van der Waals surface area contributed by atoms with Gasteiger partial charge in [-0.05, 0) is 39.7 Å². The Kier molecular flexibility index (Phi) is 4.55. The molecular formula is C13H11BrFN3S. The monoisotopic (exact) mass is 339 g/mol. The van der Waals surface area contributed by atoms with Crippen LogP contribution in [0.1, 0.15) is 11.1 Å². The van der Waals surface area contributed by atoms with Crippen molar-refractivity contribution in [1.29, 1.82) is 5.41 Å². The molecule has 0 saturated heterocycles. The first-order chi connectivity index (χ1) is 9.09. The van der Waals surface area contributed by atoms with Crippen LogP contribution >= 0.6 is 27.7 Å². The zero-order chi connectivity index (χ0) is 13.8. The lowest BCUT2D eigenvalue weighted by Gasteiger charge is -2.07. The molecule has 98 valence electrons. The molecule has 0 amide bonds. The van der Waals surface area contributed by atoms with Gasteiger partial charge in [0.25, 0.3) is 0 Å². The number of nitrogens with two attached hydrogens (primary N) is 1. The summed E-state index contributed by atoms with van der Waals surface area (Å²) in [6.45, 7) is 0. The van der Waals surface area contributed by atoms with Crippen molar-refractivity contribution < 1.29 is 4.39 Å². The number of hydrogen-bond donors (Lipinski definition) is 2. The summed E-state index contributed by atoms with van der Waals surface area (Å²) < 4.78 is 14.9. The minimum Gasteiger partial charge on any atom is -0.384 e. The summed E-state index contributed by atoms with van der Waals surface area (Å²) in [5.74, 6) is -0.263. The topological polar surface area (TPSA) is 62.8 Å². The van der Waals surface area contributed by atoms with Crippen molar-refractivity contribution in [1.82, 2.24) is 4.98 Å². The van der Waals surface area contributed by atoms with Gasteiger partial charge in [-0.15, -0.1) is 11.8 Å². The minimum atomic E-state index is -0.436. The molecule has 3 N–H and O–H groups in total. The molecule has 6 heteroatoms.